The van der Waals surface area contributed by atoms with E-state index >= 15 is 0 Å². The molecule has 45 heavy (non-hydrogen) atoms. The summed E-state index contributed by atoms with van der Waals surface area (Å²) in [5, 5.41) is 25.3. The summed E-state index contributed by atoms with van der Waals surface area (Å²) in [6.07, 6.45) is 2.24. The van der Waals surface area contributed by atoms with Gasteiger partial charge in [-0.15, -0.1) is 0 Å². The second-order valence-electron chi connectivity index (χ2n) is 13.0. The third-order valence-electron chi connectivity index (χ3n) is 9.88. The monoisotopic (exact) mass is 639 g/mol. The van der Waals surface area contributed by atoms with E-state index in [1.807, 2.05) is 27.7 Å². The molecule has 0 bridgehead atoms. The van der Waals surface area contributed by atoms with Gasteiger partial charge in [-0.1, -0.05) is 41.0 Å². The Labute approximate surface area is 269 Å². The van der Waals surface area contributed by atoms with Crippen molar-refractivity contribution in [3.05, 3.63) is 0 Å². The van der Waals surface area contributed by atoms with E-state index in [4.69, 9.17) is 9.47 Å². The molecule has 0 aromatic rings. The minimum absolute atomic E-state index is 0.00199. The molecule has 0 spiro atoms. The highest BCUT2D eigenvalue weighted by Gasteiger charge is 2.45. The molecule has 0 aliphatic carbocycles. The molecule has 2 fully saturated rings. The quantitative estimate of drug-likeness (QED) is 0.164. The Balaban J connectivity index is 2.17. The summed E-state index contributed by atoms with van der Waals surface area (Å²) in [6.45, 7) is 10.5. The van der Waals surface area contributed by atoms with Gasteiger partial charge in [0.05, 0.1) is 55.2 Å². The van der Waals surface area contributed by atoms with Gasteiger partial charge in [0.2, 0.25) is 23.6 Å². The highest BCUT2D eigenvalue weighted by molar-refractivity contribution is 6.43. The SMILES string of the molecule is CC[C@H](C)C(C(CC(=O)N1CCCC1C(OC)C(C)C(=O)N1CCCC1B(O)O)OC)N(C)C(=O)CNC(=O)C(NC)C(C)C. The van der Waals surface area contributed by atoms with Crippen LogP contribution in [0.3, 0.4) is 0 Å². The first-order valence-corrected chi connectivity index (χ1v) is 16.5. The molecule has 2 rings (SSSR count). The number of likely N-dealkylation sites (tertiary alicyclic amines) is 2. The summed E-state index contributed by atoms with van der Waals surface area (Å²) in [5.74, 6) is -2.08. The lowest BCUT2D eigenvalue weighted by atomic mass is 9.77. The Morgan fingerprint density at radius 1 is 1.00 bits per heavy atom. The number of carbonyl (C=O) groups excluding carboxylic acids is 4. The summed E-state index contributed by atoms with van der Waals surface area (Å²) in [6, 6.07) is -1.18. The van der Waals surface area contributed by atoms with Crippen LogP contribution in [0, 0.1) is 17.8 Å². The van der Waals surface area contributed by atoms with Crippen LogP contribution in [0.4, 0.5) is 0 Å². The standard InChI is InChI=1S/C31H58BN5O8/c1-10-20(4)28(35(7)26(39)18-34-30(40)27(33-6)19(2)3)23(44-8)17-25(38)36-15-11-13-22(36)29(45-9)21(5)31(41)37-16-12-14-24(37)32(42)43/h19-24,27-29,33,42-43H,10-18H2,1-9H3,(H,34,40)/t20-,21?,22?,23?,24?,27?,28?,29?/m0/s1. The molecule has 0 aromatic heterocycles. The average Bonchev–Trinajstić information content (AvgIpc) is 3.70. The van der Waals surface area contributed by atoms with Gasteiger partial charge in [-0.25, -0.2) is 0 Å². The third-order valence-corrected chi connectivity index (χ3v) is 9.88. The fraction of sp³-hybridized carbons (Fsp3) is 0.871. The van der Waals surface area contributed by atoms with Gasteiger partial charge in [0.15, 0.2) is 0 Å². The average molecular weight is 640 g/mol. The first-order valence-electron chi connectivity index (χ1n) is 16.5. The van der Waals surface area contributed by atoms with E-state index in [-0.39, 0.29) is 54.5 Å². The largest absolute Gasteiger partial charge is 0.475 e. The van der Waals surface area contributed by atoms with Gasteiger partial charge >= 0.3 is 7.12 Å². The van der Waals surface area contributed by atoms with Crippen molar-refractivity contribution >= 4 is 30.7 Å². The zero-order chi connectivity index (χ0) is 34.0. The maximum Gasteiger partial charge on any atom is 0.475 e. The number of hydrogen-bond donors (Lipinski definition) is 4. The number of nitrogens with zero attached hydrogens (tertiary/aromatic N) is 3. The predicted molar refractivity (Wildman–Crippen MR) is 172 cm³/mol. The van der Waals surface area contributed by atoms with Gasteiger partial charge in [0.25, 0.3) is 0 Å². The van der Waals surface area contributed by atoms with Gasteiger partial charge in [-0.2, -0.15) is 0 Å². The summed E-state index contributed by atoms with van der Waals surface area (Å²) in [4.78, 5) is 58.2. The van der Waals surface area contributed by atoms with E-state index in [0.29, 0.717) is 32.4 Å². The zero-order valence-corrected chi connectivity index (χ0v) is 28.8. The fourth-order valence-electron chi connectivity index (χ4n) is 7.12. The number of hydrogen-bond acceptors (Lipinski definition) is 9. The van der Waals surface area contributed by atoms with E-state index in [2.05, 4.69) is 10.6 Å². The first-order chi connectivity index (χ1) is 21.2. The van der Waals surface area contributed by atoms with Crippen molar-refractivity contribution in [2.24, 2.45) is 17.8 Å². The molecule has 2 aliphatic heterocycles. The van der Waals surface area contributed by atoms with Crippen LogP contribution >= 0.6 is 0 Å². The Morgan fingerprint density at radius 3 is 2.16 bits per heavy atom. The number of amides is 4. The second kappa shape index (κ2) is 18.2. The molecule has 7 unspecified atom stereocenters. The minimum atomic E-state index is -1.61. The van der Waals surface area contributed by atoms with Crippen LogP contribution in [-0.2, 0) is 28.7 Å². The summed E-state index contributed by atoms with van der Waals surface area (Å²) in [5.41, 5.74) is 0. The van der Waals surface area contributed by atoms with Crippen LogP contribution in [0.5, 0.6) is 0 Å². The van der Waals surface area contributed by atoms with Crippen molar-refractivity contribution in [1.29, 1.82) is 0 Å². The molecule has 14 heteroatoms. The highest BCUT2D eigenvalue weighted by atomic mass is 16.5. The Hall–Kier alpha value is -2.26. The molecule has 0 aromatic carbocycles. The second-order valence-corrected chi connectivity index (χ2v) is 13.0. The molecule has 0 radical (unpaired) electrons. The van der Waals surface area contributed by atoms with Crippen molar-refractivity contribution in [1.82, 2.24) is 25.3 Å². The van der Waals surface area contributed by atoms with Crippen LogP contribution < -0.4 is 10.6 Å². The number of ether oxygens (including phenoxy) is 2. The number of nitrogens with one attached hydrogen (secondary N) is 2. The summed E-state index contributed by atoms with van der Waals surface area (Å²) in [7, 11) is 4.86. The number of carbonyl (C=O) groups is 4. The van der Waals surface area contributed by atoms with E-state index in [1.165, 1.54) is 19.1 Å². The molecular weight excluding hydrogens is 581 g/mol. The van der Waals surface area contributed by atoms with Crippen molar-refractivity contribution in [2.75, 3.05) is 47.9 Å². The molecule has 2 saturated heterocycles. The molecular formula is C31H58BN5O8. The van der Waals surface area contributed by atoms with Gasteiger partial charge in [-0.05, 0) is 44.6 Å². The molecule has 4 amide bonds. The molecule has 2 aliphatic rings. The smallest absolute Gasteiger partial charge is 0.426 e. The normalized spacial score (nSPS) is 22.5. The number of rotatable bonds is 17. The maximum atomic E-state index is 13.9. The highest BCUT2D eigenvalue weighted by Crippen LogP contribution is 2.31. The van der Waals surface area contributed by atoms with E-state index in [0.717, 1.165) is 12.8 Å². The first kappa shape index (κ1) is 38.9. The lowest BCUT2D eigenvalue weighted by Crippen LogP contribution is -2.55. The van der Waals surface area contributed by atoms with Crippen LogP contribution in [0.2, 0.25) is 0 Å². The molecule has 8 atom stereocenters. The fourth-order valence-corrected chi connectivity index (χ4v) is 7.12. The van der Waals surface area contributed by atoms with Gasteiger partial charge in [0, 0.05) is 34.4 Å². The van der Waals surface area contributed by atoms with Crippen LogP contribution in [0.25, 0.3) is 0 Å². The van der Waals surface area contributed by atoms with Gasteiger partial charge < -0.3 is 44.9 Å². The summed E-state index contributed by atoms with van der Waals surface area (Å²) < 4.78 is 11.7. The Bertz CT molecular complexity index is 988. The van der Waals surface area contributed by atoms with Gasteiger partial charge in [0.1, 0.15) is 0 Å². The van der Waals surface area contributed by atoms with E-state index in [1.54, 1.807) is 30.8 Å². The topological polar surface area (TPSA) is 161 Å². The molecule has 4 N–H and O–H groups in total. The van der Waals surface area contributed by atoms with Crippen molar-refractivity contribution in [3.63, 3.8) is 0 Å². The number of likely N-dealkylation sites (N-methyl/N-ethyl adjacent to an activating group) is 2. The molecule has 0 saturated carbocycles. The maximum absolute atomic E-state index is 13.9. The van der Waals surface area contributed by atoms with Crippen molar-refractivity contribution < 1.29 is 38.7 Å². The van der Waals surface area contributed by atoms with Crippen molar-refractivity contribution in [3.8, 4) is 0 Å². The molecule has 2 heterocycles. The molecule has 258 valence electrons. The van der Waals surface area contributed by atoms with E-state index in [9.17, 15) is 29.2 Å². The van der Waals surface area contributed by atoms with E-state index < -0.39 is 43.3 Å². The lowest BCUT2D eigenvalue weighted by Gasteiger charge is -2.39. The van der Waals surface area contributed by atoms with Crippen LogP contribution in [-0.4, -0.2) is 140 Å². The summed E-state index contributed by atoms with van der Waals surface area (Å²) >= 11 is 0. The van der Waals surface area contributed by atoms with Crippen LogP contribution in [0.1, 0.15) is 73.1 Å². The zero-order valence-electron chi connectivity index (χ0n) is 28.8. The Morgan fingerprint density at radius 2 is 1.62 bits per heavy atom. The lowest BCUT2D eigenvalue weighted by molar-refractivity contribution is -0.148. The van der Waals surface area contributed by atoms with Crippen molar-refractivity contribution in [2.45, 2.75) is 109 Å². The number of methoxy groups -OCH3 is 2. The van der Waals surface area contributed by atoms with Crippen LogP contribution in [0.15, 0.2) is 0 Å². The third kappa shape index (κ3) is 9.63. The Kier molecular flexibility index (Phi) is 15.7. The van der Waals surface area contributed by atoms with Gasteiger partial charge in [-0.3, -0.25) is 19.2 Å². The predicted octanol–water partition coefficient (Wildman–Crippen LogP) is 0.270. The minimum Gasteiger partial charge on any atom is -0.426 e. The molecule has 13 nitrogen and oxygen atoms in total.